The number of ether oxygens (including phenoxy) is 2. The number of likely N-dealkylation sites (N-methyl/N-ethyl adjacent to an activating group) is 2. The van der Waals surface area contributed by atoms with E-state index in [-0.39, 0.29) is 61.3 Å². The van der Waals surface area contributed by atoms with Crippen LogP contribution >= 0.6 is 11.3 Å². The Morgan fingerprint density at radius 2 is 1.46 bits per heavy atom. The van der Waals surface area contributed by atoms with Gasteiger partial charge in [0.25, 0.3) is 11.8 Å². The number of alkyl halides is 6. The molecule has 1 aromatic heterocycles. The molecule has 3 saturated heterocycles. The molecule has 4 heterocycles. The summed E-state index contributed by atoms with van der Waals surface area (Å²) in [5, 5.41) is 14.0. The summed E-state index contributed by atoms with van der Waals surface area (Å²) in [7, 11) is 5.35. The van der Waals surface area contributed by atoms with Crippen molar-refractivity contribution in [2.24, 2.45) is 0 Å². The summed E-state index contributed by atoms with van der Waals surface area (Å²) >= 11 is 1.41. The van der Waals surface area contributed by atoms with Crippen molar-refractivity contribution in [2.45, 2.75) is 107 Å². The number of amides is 4. The van der Waals surface area contributed by atoms with Gasteiger partial charge in [0.05, 0.1) is 39.3 Å². The molecular weight excluding hydrogens is 993 g/mol. The van der Waals surface area contributed by atoms with Gasteiger partial charge in [-0.2, -0.15) is 26.3 Å². The Morgan fingerprint density at radius 1 is 0.797 bits per heavy atom. The topological polar surface area (TPSA) is 138 Å². The van der Waals surface area contributed by atoms with Gasteiger partial charge in [0.2, 0.25) is 11.8 Å². The minimum Gasteiger partial charge on any atom is -0.393 e. The smallest absolute Gasteiger partial charge is 0.393 e. The number of hydrogen-bond donors (Lipinski definition) is 2. The molecule has 4 amide bonds. The van der Waals surface area contributed by atoms with Crippen LogP contribution in [0, 0.1) is 0 Å². The first-order valence-corrected chi connectivity index (χ1v) is 26.6. The van der Waals surface area contributed by atoms with Crippen molar-refractivity contribution in [2.75, 3.05) is 112 Å². The average Bonchev–Trinajstić information content (AvgIpc) is 4.13. The van der Waals surface area contributed by atoms with Gasteiger partial charge in [-0.05, 0) is 112 Å². The number of carbonyl (C=O) groups is 4. The fraction of sp³-hybridized carbons (Fsp3) is 0.623. The molecule has 0 radical (unpaired) electrons. The number of nitrogens with one attached hydrogen (secondary N) is 1. The number of anilines is 1. The Balaban J connectivity index is 0.784. The molecule has 2 N–H and O–H groups in total. The molecule has 7 rings (SSSR count). The second-order valence-corrected chi connectivity index (χ2v) is 21.5. The van der Waals surface area contributed by atoms with E-state index in [4.69, 9.17) is 9.47 Å². The minimum absolute atomic E-state index is 0.000190. The van der Waals surface area contributed by atoms with Crippen molar-refractivity contribution in [3.8, 4) is 0 Å². The molecule has 408 valence electrons. The van der Waals surface area contributed by atoms with Gasteiger partial charge in [0.1, 0.15) is 13.3 Å². The Morgan fingerprint density at radius 3 is 2.16 bits per heavy atom. The van der Waals surface area contributed by atoms with E-state index in [9.17, 15) is 50.6 Å². The molecule has 3 aromatic rings. The third-order valence-corrected chi connectivity index (χ3v) is 16.2. The zero-order valence-corrected chi connectivity index (χ0v) is 43.5. The maximum absolute atomic E-state index is 13.5. The largest absolute Gasteiger partial charge is 0.416 e. The van der Waals surface area contributed by atoms with Gasteiger partial charge in [0, 0.05) is 97.4 Å². The lowest BCUT2D eigenvalue weighted by molar-refractivity contribution is -0.143. The number of aliphatic hydroxyl groups is 1. The van der Waals surface area contributed by atoms with Crippen LogP contribution in [-0.2, 0) is 43.3 Å². The number of halogens is 6. The fourth-order valence-electron chi connectivity index (χ4n) is 10.5. The standard InChI is InChI=1S/C53H71F6N7O7S/c1-61(21-9-22-63(3)50(71)44-13-14-46(74-44)60-20-8-4-5-12-47(68)62(2)28-29-64-23-15-41(67)16-24-64)48(69)35-72-45-32-37-10-6-7-11-43(37)51(45)18-26-65(27-19-51)25-17-42-34-66(36-73-42)49(70)38-30-39(52(54,55)56)33-40(31-38)53(57,58)59/h6-7,10-11,13-14,30-31,33,41-42,45,60,67H,4-5,8-9,12,15-29,32,34-36H2,1-3H3/t42?,45-/m0/s1. The first-order valence-electron chi connectivity index (χ1n) is 25.8. The Bertz CT molecular complexity index is 2340. The van der Waals surface area contributed by atoms with Crippen molar-refractivity contribution in [1.29, 1.82) is 0 Å². The Hall–Kier alpha value is -4.80. The number of piperidine rings is 2. The van der Waals surface area contributed by atoms with Gasteiger partial charge < -0.3 is 49.3 Å². The monoisotopic (exact) mass is 1060 g/mol. The third-order valence-electron chi connectivity index (χ3n) is 15.2. The zero-order chi connectivity index (χ0) is 53.2. The lowest BCUT2D eigenvalue weighted by atomic mass is 9.72. The molecule has 14 nitrogen and oxygen atoms in total. The number of thiophene rings is 1. The van der Waals surface area contributed by atoms with Crippen molar-refractivity contribution in [3.63, 3.8) is 0 Å². The highest BCUT2D eigenvalue weighted by Crippen LogP contribution is 2.48. The fourth-order valence-corrected chi connectivity index (χ4v) is 11.4. The van der Waals surface area contributed by atoms with E-state index in [0.717, 1.165) is 81.0 Å². The molecule has 1 aliphatic carbocycles. The minimum atomic E-state index is -5.07. The van der Waals surface area contributed by atoms with Crippen LogP contribution < -0.4 is 5.32 Å². The molecule has 2 atom stereocenters. The molecule has 1 spiro atoms. The molecule has 3 aliphatic heterocycles. The first kappa shape index (κ1) is 56.9. The second kappa shape index (κ2) is 25.4. The van der Waals surface area contributed by atoms with Crippen LogP contribution in [-0.4, -0.2) is 183 Å². The quantitative estimate of drug-likeness (QED) is 0.0771. The number of likely N-dealkylation sites (tertiary alicyclic amines) is 2. The summed E-state index contributed by atoms with van der Waals surface area (Å²) in [6.07, 6.45) is -2.99. The summed E-state index contributed by atoms with van der Waals surface area (Å²) in [5.74, 6) is -1.05. The third kappa shape index (κ3) is 15.0. The van der Waals surface area contributed by atoms with Crippen LogP contribution in [0.25, 0.3) is 0 Å². The van der Waals surface area contributed by atoms with Gasteiger partial charge in [-0.3, -0.25) is 19.2 Å². The number of fused-ring (bicyclic) bond motifs is 2. The van der Waals surface area contributed by atoms with E-state index >= 15 is 0 Å². The highest BCUT2D eigenvalue weighted by molar-refractivity contribution is 7.17. The van der Waals surface area contributed by atoms with E-state index in [1.54, 1.807) is 28.8 Å². The predicted octanol–water partition coefficient (Wildman–Crippen LogP) is 7.46. The SMILES string of the molecule is CN(CCN1CCC(O)CC1)C(=O)CCCCCNc1ccc(C(=O)N(C)CCCN(C)C(=O)CO[C@H]2Cc3ccccc3C23CCN(CCC2CN(C(=O)c4cc(C(F)(F)F)cc(C(F)(F)F)c4)CO2)CC3)s1. The van der Waals surface area contributed by atoms with Crippen LogP contribution in [0.3, 0.4) is 0 Å². The van der Waals surface area contributed by atoms with E-state index in [1.165, 1.54) is 22.5 Å². The van der Waals surface area contributed by atoms with Gasteiger partial charge in [0.15, 0.2) is 0 Å². The number of carbonyl (C=O) groups excluding carboxylic acids is 4. The Labute approximate surface area is 433 Å². The second-order valence-electron chi connectivity index (χ2n) is 20.4. The van der Waals surface area contributed by atoms with Gasteiger partial charge in [-0.1, -0.05) is 30.7 Å². The molecule has 3 fully saturated rings. The normalized spacial score (nSPS) is 19.5. The zero-order valence-electron chi connectivity index (χ0n) is 42.7. The highest BCUT2D eigenvalue weighted by atomic mass is 32.1. The Kier molecular flexibility index (Phi) is 19.5. The molecule has 4 aliphatic rings. The summed E-state index contributed by atoms with van der Waals surface area (Å²) in [5.41, 5.74) is -1.70. The lowest BCUT2D eigenvalue weighted by Gasteiger charge is -2.43. The average molecular weight is 1060 g/mol. The first-order chi connectivity index (χ1) is 35.2. The van der Waals surface area contributed by atoms with Gasteiger partial charge in [-0.15, -0.1) is 11.3 Å². The number of nitrogens with zero attached hydrogens (tertiary/aromatic N) is 6. The van der Waals surface area contributed by atoms with E-state index in [2.05, 4.69) is 27.2 Å². The summed E-state index contributed by atoms with van der Waals surface area (Å²) < 4.78 is 93.0. The lowest BCUT2D eigenvalue weighted by Crippen LogP contribution is -2.49. The van der Waals surface area contributed by atoms with Crippen molar-refractivity contribution in [1.82, 2.24) is 29.4 Å². The number of unbranched alkanes of at least 4 members (excludes halogenated alkanes) is 2. The summed E-state index contributed by atoms with van der Waals surface area (Å²) in [6, 6.07) is 12.9. The van der Waals surface area contributed by atoms with Crippen LogP contribution in [0.5, 0.6) is 0 Å². The molecule has 0 saturated carbocycles. The van der Waals surface area contributed by atoms with Crippen molar-refractivity contribution >= 4 is 40.0 Å². The molecule has 1 unspecified atom stereocenters. The van der Waals surface area contributed by atoms with Crippen LogP contribution in [0.2, 0.25) is 0 Å². The van der Waals surface area contributed by atoms with E-state index < -0.39 is 41.1 Å². The van der Waals surface area contributed by atoms with Crippen molar-refractivity contribution < 1.29 is 60.1 Å². The molecule has 2 aromatic carbocycles. The van der Waals surface area contributed by atoms with Crippen LogP contribution in [0.4, 0.5) is 31.3 Å². The molecular formula is C53H71F6N7O7S. The number of hydrogen-bond acceptors (Lipinski definition) is 11. The number of rotatable bonds is 22. The van der Waals surface area contributed by atoms with E-state index in [1.807, 2.05) is 31.3 Å². The number of aliphatic hydroxyl groups excluding tert-OH is 1. The highest BCUT2D eigenvalue weighted by Gasteiger charge is 2.49. The predicted molar refractivity (Wildman–Crippen MR) is 269 cm³/mol. The van der Waals surface area contributed by atoms with Crippen molar-refractivity contribution in [3.05, 3.63) is 87.3 Å². The summed E-state index contributed by atoms with van der Waals surface area (Å²) in [6.45, 7) is 6.64. The summed E-state index contributed by atoms with van der Waals surface area (Å²) in [4.78, 5) is 63.9. The van der Waals surface area contributed by atoms with Crippen LogP contribution in [0.15, 0.2) is 54.6 Å². The van der Waals surface area contributed by atoms with E-state index in [0.29, 0.717) is 82.0 Å². The maximum atomic E-state index is 13.5. The molecule has 21 heteroatoms. The van der Waals surface area contributed by atoms with Crippen LogP contribution in [0.1, 0.15) is 106 Å². The number of benzene rings is 2. The maximum Gasteiger partial charge on any atom is 0.416 e. The van der Waals surface area contributed by atoms with Gasteiger partial charge in [-0.25, -0.2) is 0 Å². The molecule has 74 heavy (non-hydrogen) atoms. The molecule has 0 bridgehead atoms. The van der Waals surface area contributed by atoms with Gasteiger partial charge >= 0.3 is 12.4 Å².